The summed E-state index contributed by atoms with van der Waals surface area (Å²) in [6.45, 7) is 0.640. The van der Waals surface area contributed by atoms with E-state index in [4.69, 9.17) is 0 Å². The zero-order valence-electron chi connectivity index (χ0n) is 12.9. The maximum absolute atomic E-state index is 12.4. The average molecular weight is 325 g/mol. The van der Waals surface area contributed by atoms with Crippen molar-refractivity contribution in [2.24, 2.45) is 0 Å². The molecule has 3 aromatic rings. The molecular weight excluding hydrogens is 306 g/mol. The van der Waals surface area contributed by atoms with Crippen LogP contribution >= 0.6 is 11.3 Å². The number of H-pyrrole nitrogens is 1. The van der Waals surface area contributed by atoms with Gasteiger partial charge in [-0.2, -0.15) is 5.10 Å². The molecule has 0 spiro atoms. The van der Waals surface area contributed by atoms with Gasteiger partial charge in [0, 0.05) is 22.5 Å². The minimum absolute atomic E-state index is 0.0519. The molecule has 0 bridgehead atoms. The Morgan fingerprint density at radius 1 is 1.26 bits per heavy atom. The summed E-state index contributed by atoms with van der Waals surface area (Å²) in [7, 11) is 0. The third-order valence-corrected chi connectivity index (χ3v) is 5.52. The van der Waals surface area contributed by atoms with Gasteiger partial charge in [-0.1, -0.05) is 18.2 Å². The molecule has 2 N–H and O–H groups in total. The summed E-state index contributed by atoms with van der Waals surface area (Å²) in [5.41, 5.74) is 4.16. The highest BCUT2D eigenvalue weighted by Gasteiger charge is 2.21. The topological polar surface area (TPSA) is 57.8 Å². The van der Waals surface area contributed by atoms with Crippen molar-refractivity contribution in [1.29, 1.82) is 0 Å². The lowest BCUT2D eigenvalue weighted by atomic mass is 9.96. The first-order valence-electron chi connectivity index (χ1n) is 8.12. The number of aromatic nitrogens is 2. The second-order valence-electron chi connectivity index (χ2n) is 6.00. The molecule has 5 heteroatoms. The Bertz CT molecular complexity index is 849. The van der Waals surface area contributed by atoms with Crippen molar-refractivity contribution in [3.63, 3.8) is 0 Å². The van der Waals surface area contributed by atoms with Crippen molar-refractivity contribution in [2.75, 3.05) is 6.54 Å². The van der Waals surface area contributed by atoms with Crippen molar-refractivity contribution in [1.82, 2.24) is 15.5 Å². The number of fused-ring (bicyclic) bond motifs is 2. The molecule has 118 valence electrons. The fraction of sp³-hybridized carbons (Fsp3) is 0.333. The Morgan fingerprint density at radius 3 is 3.09 bits per heavy atom. The molecule has 0 unspecified atom stereocenters. The molecule has 4 nitrogen and oxygen atoms in total. The summed E-state index contributed by atoms with van der Waals surface area (Å²) in [6.07, 6.45) is 5.15. The molecule has 1 amide bonds. The summed E-state index contributed by atoms with van der Waals surface area (Å²) in [6, 6.07) is 8.41. The van der Waals surface area contributed by atoms with E-state index in [9.17, 15) is 4.79 Å². The molecular formula is C18H19N3OS. The van der Waals surface area contributed by atoms with E-state index in [-0.39, 0.29) is 5.91 Å². The van der Waals surface area contributed by atoms with Crippen LogP contribution < -0.4 is 5.32 Å². The number of nitrogens with one attached hydrogen (secondary N) is 2. The van der Waals surface area contributed by atoms with Gasteiger partial charge in [-0.15, -0.1) is 11.3 Å². The van der Waals surface area contributed by atoms with E-state index in [1.54, 1.807) is 11.3 Å². The number of hydrogen-bond acceptors (Lipinski definition) is 3. The molecule has 1 aliphatic rings. The second kappa shape index (κ2) is 6.16. The predicted octanol–water partition coefficient (Wildman–Crippen LogP) is 3.48. The van der Waals surface area contributed by atoms with Crippen LogP contribution in [-0.4, -0.2) is 22.6 Å². The van der Waals surface area contributed by atoms with Gasteiger partial charge in [0.1, 0.15) is 0 Å². The lowest BCUT2D eigenvalue weighted by Gasteiger charge is -2.11. The van der Waals surface area contributed by atoms with Crippen molar-refractivity contribution in [2.45, 2.75) is 32.1 Å². The van der Waals surface area contributed by atoms with Crippen molar-refractivity contribution in [3.8, 4) is 0 Å². The normalized spacial score (nSPS) is 13.9. The summed E-state index contributed by atoms with van der Waals surface area (Å²) >= 11 is 1.76. The van der Waals surface area contributed by atoms with Gasteiger partial charge in [0.25, 0.3) is 5.91 Å². The van der Waals surface area contributed by atoms with Crippen LogP contribution in [-0.2, 0) is 19.3 Å². The van der Waals surface area contributed by atoms with Gasteiger partial charge in [0.2, 0.25) is 0 Å². The van der Waals surface area contributed by atoms with E-state index < -0.39 is 0 Å². The molecule has 2 heterocycles. The van der Waals surface area contributed by atoms with E-state index in [0.717, 1.165) is 36.9 Å². The number of aromatic amines is 1. The molecule has 23 heavy (non-hydrogen) atoms. The first-order valence-corrected chi connectivity index (χ1v) is 9.00. The van der Waals surface area contributed by atoms with Gasteiger partial charge < -0.3 is 5.32 Å². The number of benzene rings is 1. The molecule has 1 aliphatic carbocycles. The number of aryl methyl sites for hydroxylation is 1. The van der Waals surface area contributed by atoms with Crippen LogP contribution in [0.5, 0.6) is 0 Å². The quantitative estimate of drug-likeness (QED) is 0.771. The van der Waals surface area contributed by atoms with Gasteiger partial charge in [0.15, 0.2) is 5.69 Å². The van der Waals surface area contributed by atoms with Crippen molar-refractivity contribution >= 4 is 27.3 Å². The first-order chi connectivity index (χ1) is 11.3. The van der Waals surface area contributed by atoms with E-state index in [1.807, 2.05) is 0 Å². The second-order valence-corrected chi connectivity index (χ2v) is 6.91. The van der Waals surface area contributed by atoms with Crippen LogP contribution in [0.4, 0.5) is 0 Å². The zero-order chi connectivity index (χ0) is 15.6. The van der Waals surface area contributed by atoms with Gasteiger partial charge in [0.05, 0.1) is 0 Å². The molecule has 0 fully saturated rings. The smallest absolute Gasteiger partial charge is 0.272 e. The highest BCUT2D eigenvalue weighted by molar-refractivity contribution is 7.17. The Labute approximate surface area is 138 Å². The van der Waals surface area contributed by atoms with Crippen LogP contribution in [0.3, 0.4) is 0 Å². The Hall–Kier alpha value is -2.14. The summed E-state index contributed by atoms with van der Waals surface area (Å²) in [4.78, 5) is 12.4. The fourth-order valence-electron chi connectivity index (χ4n) is 3.29. The minimum Gasteiger partial charge on any atom is -0.350 e. The molecule has 4 rings (SSSR count). The SMILES string of the molecule is O=C(NCCc1csc2ccccc12)c1n[nH]c2c1CCCC2. The fourth-order valence-corrected chi connectivity index (χ4v) is 4.29. The zero-order valence-corrected chi connectivity index (χ0v) is 13.7. The van der Waals surface area contributed by atoms with E-state index in [0.29, 0.717) is 12.2 Å². The predicted molar refractivity (Wildman–Crippen MR) is 93.1 cm³/mol. The molecule has 0 saturated heterocycles. The molecule has 0 radical (unpaired) electrons. The number of nitrogens with zero attached hydrogens (tertiary/aromatic N) is 1. The average Bonchev–Trinajstić information content (AvgIpc) is 3.19. The minimum atomic E-state index is -0.0519. The maximum Gasteiger partial charge on any atom is 0.272 e. The Morgan fingerprint density at radius 2 is 2.13 bits per heavy atom. The van der Waals surface area contributed by atoms with Gasteiger partial charge in [-0.3, -0.25) is 9.89 Å². The van der Waals surface area contributed by atoms with Crippen LogP contribution in [0.15, 0.2) is 29.6 Å². The van der Waals surface area contributed by atoms with E-state index in [2.05, 4.69) is 45.2 Å². The number of thiophene rings is 1. The number of amides is 1. The maximum atomic E-state index is 12.4. The van der Waals surface area contributed by atoms with Crippen LogP contribution in [0.1, 0.15) is 40.2 Å². The van der Waals surface area contributed by atoms with E-state index in [1.165, 1.54) is 22.1 Å². The van der Waals surface area contributed by atoms with Gasteiger partial charge in [-0.25, -0.2) is 0 Å². The van der Waals surface area contributed by atoms with Gasteiger partial charge in [-0.05, 0) is 54.5 Å². The Kier molecular flexibility index (Phi) is 3.87. The highest BCUT2D eigenvalue weighted by Crippen LogP contribution is 2.26. The number of hydrogen-bond donors (Lipinski definition) is 2. The van der Waals surface area contributed by atoms with Crippen LogP contribution in [0, 0.1) is 0 Å². The first kappa shape index (κ1) is 14.5. The van der Waals surface area contributed by atoms with Gasteiger partial charge >= 0.3 is 0 Å². The molecule has 1 aromatic carbocycles. The molecule has 0 saturated carbocycles. The number of carbonyl (C=O) groups excluding carboxylic acids is 1. The number of carbonyl (C=O) groups is 1. The summed E-state index contributed by atoms with van der Waals surface area (Å²) in [5, 5.41) is 13.8. The number of rotatable bonds is 4. The molecule has 0 atom stereocenters. The summed E-state index contributed by atoms with van der Waals surface area (Å²) < 4.78 is 1.30. The Balaban J connectivity index is 1.41. The monoisotopic (exact) mass is 325 g/mol. The van der Waals surface area contributed by atoms with Crippen molar-refractivity contribution < 1.29 is 4.79 Å². The van der Waals surface area contributed by atoms with Crippen LogP contribution in [0.2, 0.25) is 0 Å². The highest BCUT2D eigenvalue weighted by atomic mass is 32.1. The van der Waals surface area contributed by atoms with E-state index >= 15 is 0 Å². The molecule has 0 aliphatic heterocycles. The lowest BCUT2D eigenvalue weighted by Crippen LogP contribution is -2.27. The molecule has 2 aromatic heterocycles. The third kappa shape index (κ3) is 2.77. The third-order valence-electron chi connectivity index (χ3n) is 4.51. The largest absolute Gasteiger partial charge is 0.350 e. The lowest BCUT2D eigenvalue weighted by molar-refractivity contribution is 0.0948. The summed E-state index contributed by atoms with van der Waals surface area (Å²) in [5.74, 6) is -0.0519. The van der Waals surface area contributed by atoms with Crippen molar-refractivity contribution in [3.05, 3.63) is 52.2 Å². The standard InChI is InChI=1S/C18H19N3OS/c22-18(17-14-6-1-3-7-15(14)20-21-17)19-10-9-12-11-23-16-8-4-2-5-13(12)16/h2,4-5,8,11H,1,3,6-7,9-10H2,(H,19,22)(H,20,21). The van der Waals surface area contributed by atoms with Crippen LogP contribution in [0.25, 0.3) is 10.1 Å².